The van der Waals surface area contributed by atoms with Gasteiger partial charge in [-0.05, 0) is 18.9 Å². The van der Waals surface area contributed by atoms with Gasteiger partial charge in [-0.2, -0.15) is 0 Å². The highest BCUT2D eigenvalue weighted by Gasteiger charge is 2.25. The van der Waals surface area contributed by atoms with Crippen LogP contribution in [0.5, 0.6) is 0 Å². The smallest absolute Gasteiger partial charge is 0.337 e. The first-order valence-corrected chi connectivity index (χ1v) is 7.00. The van der Waals surface area contributed by atoms with Gasteiger partial charge < -0.3 is 20.8 Å². The van der Waals surface area contributed by atoms with E-state index in [-0.39, 0.29) is 23.9 Å². The first kappa shape index (κ1) is 14.6. The van der Waals surface area contributed by atoms with Crippen molar-refractivity contribution in [3.63, 3.8) is 0 Å². The third kappa shape index (κ3) is 3.01. The molecule has 1 heterocycles. The van der Waals surface area contributed by atoms with Crippen molar-refractivity contribution in [2.45, 2.75) is 38.1 Å². The average molecular weight is 279 g/mol. The van der Waals surface area contributed by atoms with Gasteiger partial charge in [-0.3, -0.25) is 0 Å². The molecule has 0 amide bonds. The zero-order valence-corrected chi connectivity index (χ0v) is 11.5. The van der Waals surface area contributed by atoms with Crippen LogP contribution in [0.15, 0.2) is 12.3 Å². The third-order valence-corrected chi connectivity index (χ3v) is 3.83. The quantitative estimate of drug-likeness (QED) is 0.755. The van der Waals surface area contributed by atoms with Crippen LogP contribution in [0.4, 0.5) is 11.5 Å². The Morgan fingerprint density at radius 3 is 2.70 bits per heavy atom. The number of aliphatic hydroxyl groups is 1. The van der Waals surface area contributed by atoms with E-state index in [4.69, 9.17) is 10.8 Å². The molecule has 1 aliphatic carbocycles. The van der Waals surface area contributed by atoms with E-state index in [0.29, 0.717) is 12.4 Å². The van der Waals surface area contributed by atoms with E-state index < -0.39 is 5.97 Å². The second-order valence-electron chi connectivity index (χ2n) is 5.11. The molecule has 1 aromatic rings. The highest BCUT2D eigenvalue weighted by Crippen LogP contribution is 2.30. The van der Waals surface area contributed by atoms with E-state index in [9.17, 15) is 9.90 Å². The number of aromatic nitrogens is 1. The molecule has 1 aliphatic rings. The number of nitrogens with two attached hydrogens (primary N) is 1. The Bertz CT molecular complexity index is 473. The van der Waals surface area contributed by atoms with E-state index in [1.807, 2.05) is 4.90 Å². The standard InChI is InChI=1S/C14H21N3O3/c15-12-11(14(19)20)6-7-16-13(12)17(8-9-18)10-4-2-1-3-5-10/h6-7,10,18H,1-5,8-9,15H2,(H,19,20). The molecule has 1 saturated carbocycles. The van der Waals surface area contributed by atoms with Crippen molar-refractivity contribution in [1.29, 1.82) is 0 Å². The molecule has 0 unspecified atom stereocenters. The number of anilines is 2. The van der Waals surface area contributed by atoms with E-state index in [0.717, 1.165) is 25.7 Å². The SMILES string of the molecule is Nc1c(C(=O)O)ccnc1N(CCO)C1CCCCC1. The van der Waals surface area contributed by atoms with Crippen LogP contribution in [-0.2, 0) is 0 Å². The lowest BCUT2D eigenvalue weighted by Gasteiger charge is -2.35. The van der Waals surface area contributed by atoms with Crippen molar-refractivity contribution in [3.8, 4) is 0 Å². The Hall–Kier alpha value is -1.82. The van der Waals surface area contributed by atoms with Crippen molar-refractivity contribution < 1.29 is 15.0 Å². The van der Waals surface area contributed by atoms with Gasteiger partial charge in [-0.25, -0.2) is 9.78 Å². The number of carboxylic acid groups (broad SMARTS) is 1. The molecule has 0 saturated heterocycles. The Morgan fingerprint density at radius 1 is 1.40 bits per heavy atom. The molecule has 6 heteroatoms. The number of nitrogens with zero attached hydrogens (tertiary/aromatic N) is 2. The van der Waals surface area contributed by atoms with Gasteiger partial charge in [0.25, 0.3) is 0 Å². The maximum Gasteiger partial charge on any atom is 0.337 e. The second-order valence-corrected chi connectivity index (χ2v) is 5.11. The fourth-order valence-corrected chi connectivity index (χ4v) is 2.84. The van der Waals surface area contributed by atoms with Crippen LogP contribution < -0.4 is 10.6 Å². The summed E-state index contributed by atoms with van der Waals surface area (Å²) in [5.74, 6) is -0.579. The lowest BCUT2D eigenvalue weighted by Crippen LogP contribution is -2.40. The number of carbonyl (C=O) groups is 1. The number of nitrogen functional groups attached to an aromatic ring is 1. The molecule has 6 nitrogen and oxygen atoms in total. The van der Waals surface area contributed by atoms with Crippen molar-refractivity contribution >= 4 is 17.5 Å². The molecule has 1 aromatic heterocycles. The van der Waals surface area contributed by atoms with E-state index >= 15 is 0 Å². The number of aromatic carboxylic acids is 1. The number of pyridine rings is 1. The zero-order chi connectivity index (χ0) is 14.5. The fraction of sp³-hybridized carbons (Fsp3) is 0.571. The van der Waals surface area contributed by atoms with Crippen molar-refractivity contribution in [2.24, 2.45) is 0 Å². The molecule has 0 aromatic carbocycles. The van der Waals surface area contributed by atoms with Gasteiger partial charge in [0.05, 0.1) is 17.9 Å². The molecule has 1 fully saturated rings. The predicted molar refractivity (Wildman–Crippen MR) is 76.9 cm³/mol. The van der Waals surface area contributed by atoms with Gasteiger partial charge in [0, 0.05) is 18.8 Å². The van der Waals surface area contributed by atoms with E-state index in [1.54, 1.807) is 0 Å². The van der Waals surface area contributed by atoms with Gasteiger partial charge in [-0.15, -0.1) is 0 Å². The topological polar surface area (TPSA) is 99.7 Å². The van der Waals surface area contributed by atoms with Crippen LogP contribution in [0.1, 0.15) is 42.5 Å². The molecule has 0 bridgehead atoms. The Kier molecular flexibility index (Phi) is 4.79. The molecule has 110 valence electrons. The number of rotatable bonds is 5. The number of hydrogen-bond acceptors (Lipinski definition) is 5. The van der Waals surface area contributed by atoms with Crippen LogP contribution in [0.3, 0.4) is 0 Å². The van der Waals surface area contributed by atoms with Crippen LogP contribution in [0, 0.1) is 0 Å². The third-order valence-electron chi connectivity index (χ3n) is 3.83. The predicted octanol–water partition coefficient (Wildman–Crippen LogP) is 1.49. The molecule has 0 atom stereocenters. The summed E-state index contributed by atoms with van der Waals surface area (Å²) in [5, 5.41) is 18.4. The molecule has 0 radical (unpaired) electrons. The largest absolute Gasteiger partial charge is 0.478 e. The molecule has 0 spiro atoms. The molecular weight excluding hydrogens is 258 g/mol. The zero-order valence-electron chi connectivity index (χ0n) is 11.5. The molecule has 20 heavy (non-hydrogen) atoms. The highest BCUT2D eigenvalue weighted by atomic mass is 16.4. The van der Waals surface area contributed by atoms with Crippen molar-refractivity contribution in [3.05, 3.63) is 17.8 Å². The first-order chi connectivity index (χ1) is 9.65. The molecule has 0 aliphatic heterocycles. The van der Waals surface area contributed by atoms with Gasteiger partial charge in [0.1, 0.15) is 0 Å². The summed E-state index contributed by atoms with van der Waals surface area (Å²) < 4.78 is 0. The van der Waals surface area contributed by atoms with Gasteiger partial charge >= 0.3 is 5.97 Å². The van der Waals surface area contributed by atoms with Crippen LogP contribution in [0.2, 0.25) is 0 Å². The average Bonchev–Trinajstić information content (AvgIpc) is 2.46. The summed E-state index contributed by atoms with van der Waals surface area (Å²) >= 11 is 0. The lowest BCUT2D eigenvalue weighted by atomic mass is 9.94. The summed E-state index contributed by atoms with van der Waals surface area (Å²) in [7, 11) is 0. The minimum atomic E-state index is -1.06. The summed E-state index contributed by atoms with van der Waals surface area (Å²) in [6.07, 6.45) is 7.02. The second kappa shape index (κ2) is 6.56. The molecular formula is C14H21N3O3. The minimum absolute atomic E-state index is 0.00504. The molecule has 4 N–H and O–H groups in total. The normalized spacial score (nSPS) is 16.1. The van der Waals surface area contributed by atoms with Crippen molar-refractivity contribution in [2.75, 3.05) is 23.8 Å². The van der Waals surface area contributed by atoms with Crippen molar-refractivity contribution in [1.82, 2.24) is 4.98 Å². The van der Waals surface area contributed by atoms with E-state index in [1.165, 1.54) is 18.7 Å². The Morgan fingerprint density at radius 2 is 2.10 bits per heavy atom. The lowest BCUT2D eigenvalue weighted by molar-refractivity contribution is 0.0698. The summed E-state index contributed by atoms with van der Waals surface area (Å²) in [5.41, 5.74) is 6.20. The maximum absolute atomic E-state index is 11.2. The van der Waals surface area contributed by atoms with Crippen LogP contribution in [-0.4, -0.2) is 40.4 Å². The first-order valence-electron chi connectivity index (χ1n) is 7.00. The minimum Gasteiger partial charge on any atom is -0.478 e. The number of carboxylic acids is 1. The highest BCUT2D eigenvalue weighted by molar-refractivity contribution is 5.96. The summed E-state index contributed by atoms with van der Waals surface area (Å²) in [6, 6.07) is 1.67. The monoisotopic (exact) mass is 279 g/mol. The fourth-order valence-electron chi connectivity index (χ4n) is 2.84. The van der Waals surface area contributed by atoms with Gasteiger partial charge in [0.15, 0.2) is 5.82 Å². The Balaban J connectivity index is 2.33. The Labute approximate surface area is 118 Å². The summed E-state index contributed by atoms with van der Waals surface area (Å²) in [4.78, 5) is 17.4. The molecule has 2 rings (SSSR count). The van der Waals surface area contributed by atoms with Gasteiger partial charge in [0.2, 0.25) is 0 Å². The summed E-state index contributed by atoms with van der Waals surface area (Å²) in [6.45, 7) is 0.417. The van der Waals surface area contributed by atoms with Crippen LogP contribution >= 0.6 is 0 Å². The maximum atomic E-state index is 11.2. The van der Waals surface area contributed by atoms with Crippen LogP contribution in [0.25, 0.3) is 0 Å². The number of aliphatic hydroxyl groups excluding tert-OH is 1. The van der Waals surface area contributed by atoms with E-state index in [2.05, 4.69) is 4.98 Å². The van der Waals surface area contributed by atoms with Gasteiger partial charge in [-0.1, -0.05) is 19.3 Å². The number of hydrogen-bond donors (Lipinski definition) is 3.